The molecule has 1 aromatic carbocycles. The summed E-state index contributed by atoms with van der Waals surface area (Å²) in [5, 5.41) is 23.5. The van der Waals surface area contributed by atoms with E-state index in [-0.39, 0.29) is 24.0 Å². The number of aromatic carboxylic acids is 1. The lowest BCUT2D eigenvalue weighted by Crippen LogP contribution is -2.09. The lowest BCUT2D eigenvalue weighted by atomic mass is 10.2. The first kappa shape index (κ1) is 17.0. The van der Waals surface area contributed by atoms with Gasteiger partial charge < -0.3 is 15.9 Å². The first-order chi connectivity index (χ1) is 13.0. The summed E-state index contributed by atoms with van der Waals surface area (Å²) in [6, 6.07) is 6.46. The van der Waals surface area contributed by atoms with E-state index in [9.17, 15) is 19.4 Å². The maximum Gasteiger partial charge on any atom is 0.358 e. The number of rotatable bonds is 4. The number of carboxylic acid groups (broad SMARTS) is 1. The van der Waals surface area contributed by atoms with Crippen LogP contribution in [-0.4, -0.2) is 35.9 Å². The molecule has 4 N–H and O–H groups in total. The van der Waals surface area contributed by atoms with Crippen LogP contribution < -0.4 is 5.73 Å². The Labute approximate surface area is 153 Å². The van der Waals surface area contributed by atoms with Gasteiger partial charge in [0.15, 0.2) is 23.1 Å². The van der Waals surface area contributed by atoms with Gasteiger partial charge in [0.2, 0.25) is 0 Å². The number of nitrogens with zero attached hydrogens (tertiary/aromatic N) is 4. The molecule has 1 aliphatic rings. The molecule has 0 saturated heterocycles. The van der Waals surface area contributed by atoms with Crippen LogP contribution in [0.4, 0.5) is 10.2 Å². The first-order valence-corrected chi connectivity index (χ1v) is 8.37. The zero-order valence-electron chi connectivity index (χ0n) is 14.2. The molecule has 2 heterocycles. The average molecular weight is 369 g/mol. The van der Waals surface area contributed by atoms with Gasteiger partial charge in [-0.15, -0.1) is 0 Å². The van der Waals surface area contributed by atoms with Gasteiger partial charge in [-0.2, -0.15) is 5.10 Å². The fourth-order valence-electron chi connectivity index (χ4n) is 3.33. The maximum atomic E-state index is 14.0. The van der Waals surface area contributed by atoms with Gasteiger partial charge in [0, 0.05) is 16.8 Å². The van der Waals surface area contributed by atoms with Crippen molar-refractivity contribution in [2.75, 3.05) is 5.73 Å². The average Bonchev–Trinajstić information content (AvgIpc) is 3.23. The second kappa shape index (κ2) is 6.35. The molecule has 138 valence electrons. The van der Waals surface area contributed by atoms with Gasteiger partial charge >= 0.3 is 5.97 Å². The van der Waals surface area contributed by atoms with Gasteiger partial charge in [0.25, 0.3) is 0 Å². The van der Waals surface area contributed by atoms with Crippen LogP contribution in [0.5, 0.6) is 5.75 Å². The quantitative estimate of drug-likeness (QED) is 0.642. The van der Waals surface area contributed by atoms with E-state index in [1.54, 1.807) is 22.9 Å². The summed E-state index contributed by atoms with van der Waals surface area (Å²) in [4.78, 5) is 19.2. The summed E-state index contributed by atoms with van der Waals surface area (Å²) in [5.74, 6) is -2.69. The van der Waals surface area contributed by atoms with Crippen LogP contribution in [0.3, 0.4) is 0 Å². The zero-order valence-corrected chi connectivity index (χ0v) is 14.2. The van der Waals surface area contributed by atoms with Crippen molar-refractivity contribution in [1.82, 2.24) is 19.7 Å². The van der Waals surface area contributed by atoms with Crippen LogP contribution >= 0.6 is 0 Å². The van der Waals surface area contributed by atoms with Crippen molar-refractivity contribution in [3.05, 3.63) is 52.6 Å². The number of carboxylic acids is 1. The normalized spacial score (nSPS) is 12.9. The Balaban J connectivity index is 1.82. The van der Waals surface area contributed by atoms with E-state index in [1.807, 2.05) is 0 Å². The molecule has 4 rings (SSSR count). The van der Waals surface area contributed by atoms with Crippen molar-refractivity contribution < 1.29 is 19.4 Å². The van der Waals surface area contributed by atoms with Gasteiger partial charge in [-0.1, -0.05) is 18.2 Å². The topological polar surface area (TPSA) is 127 Å². The monoisotopic (exact) mass is 369 g/mol. The number of hydrogen-bond acceptors (Lipinski definition) is 6. The van der Waals surface area contributed by atoms with E-state index in [0.29, 0.717) is 11.3 Å². The highest BCUT2D eigenvalue weighted by Crippen LogP contribution is 2.33. The number of aromatic nitrogens is 4. The highest BCUT2D eigenvalue weighted by molar-refractivity contribution is 5.90. The van der Waals surface area contributed by atoms with Crippen molar-refractivity contribution >= 4 is 11.8 Å². The SMILES string of the molecule is Nc1nc(-c2nn(Cc3ccccc3F)c3c2CCC3)nc(C(=O)O)c1O. The summed E-state index contributed by atoms with van der Waals surface area (Å²) in [5.41, 5.74) is 7.82. The fourth-order valence-corrected chi connectivity index (χ4v) is 3.33. The molecule has 0 saturated carbocycles. The Hall–Kier alpha value is -3.49. The number of aromatic hydroxyl groups is 1. The van der Waals surface area contributed by atoms with Gasteiger partial charge in [-0.25, -0.2) is 19.2 Å². The molecule has 9 heteroatoms. The van der Waals surface area contributed by atoms with Crippen molar-refractivity contribution in [2.24, 2.45) is 0 Å². The Morgan fingerprint density at radius 2 is 2.04 bits per heavy atom. The van der Waals surface area contributed by atoms with Crippen molar-refractivity contribution in [3.8, 4) is 17.3 Å². The lowest BCUT2D eigenvalue weighted by molar-refractivity contribution is 0.0687. The molecule has 0 fully saturated rings. The number of benzene rings is 1. The summed E-state index contributed by atoms with van der Waals surface area (Å²) in [6.45, 7) is 0.244. The Kier molecular flexibility index (Phi) is 3.98. The minimum absolute atomic E-state index is 0.0353. The third kappa shape index (κ3) is 2.86. The summed E-state index contributed by atoms with van der Waals surface area (Å²) in [6.07, 6.45) is 2.40. The molecule has 8 nitrogen and oxygen atoms in total. The third-order valence-electron chi connectivity index (χ3n) is 4.61. The van der Waals surface area contributed by atoms with E-state index >= 15 is 0 Å². The zero-order chi connectivity index (χ0) is 19.1. The van der Waals surface area contributed by atoms with E-state index in [1.165, 1.54) is 6.07 Å². The number of anilines is 1. The number of nitrogen functional groups attached to an aromatic ring is 1. The molecule has 0 spiro atoms. The van der Waals surface area contributed by atoms with Crippen LogP contribution in [0.1, 0.15) is 33.7 Å². The third-order valence-corrected chi connectivity index (χ3v) is 4.61. The molecule has 0 unspecified atom stereocenters. The number of hydrogen-bond donors (Lipinski definition) is 3. The second-order valence-corrected chi connectivity index (χ2v) is 6.31. The van der Waals surface area contributed by atoms with Crippen LogP contribution in [0.25, 0.3) is 11.5 Å². The molecule has 1 aliphatic carbocycles. The van der Waals surface area contributed by atoms with E-state index < -0.39 is 17.4 Å². The summed E-state index contributed by atoms with van der Waals surface area (Å²) < 4.78 is 15.7. The van der Waals surface area contributed by atoms with E-state index in [0.717, 1.165) is 30.5 Å². The molecule has 0 radical (unpaired) electrons. The smallest absolute Gasteiger partial charge is 0.358 e. The number of nitrogens with two attached hydrogens (primary N) is 1. The highest BCUT2D eigenvalue weighted by Gasteiger charge is 2.27. The molecule has 0 bridgehead atoms. The molecule has 0 aliphatic heterocycles. The number of fused-ring (bicyclic) bond motifs is 1. The van der Waals surface area contributed by atoms with E-state index in [2.05, 4.69) is 15.1 Å². The van der Waals surface area contributed by atoms with Crippen LogP contribution in [0.2, 0.25) is 0 Å². The predicted octanol–water partition coefficient (Wildman–Crippen LogP) is 2.00. The van der Waals surface area contributed by atoms with Crippen LogP contribution in [0.15, 0.2) is 24.3 Å². The van der Waals surface area contributed by atoms with Gasteiger partial charge in [-0.05, 0) is 25.3 Å². The van der Waals surface area contributed by atoms with Gasteiger partial charge in [-0.3, -0.25) is 4.68 Å². The standard InChI is InChI=1S/C18H16FN5O3/c19-11-6-2-1-4-9(11)8-24-12-7-3-5-10(12)13(23-24)17-21-14(18(26)27)15(25)16(20)22-17/h1-2,4,6,25H,3,5,7-8H2,(H,26,27)(H2,20,21,22). The molecule has 27 heavy (non-hydrogen) atoms. The lowest BCUT2D eigenvalue weighted by Gasteiger charge is -2.07. The van der Waals surface area contributed by atoms with Gasteiger partial charge in [0.1, 0.15) is 11.5 Å². The number of halogens is 1. The Bertz CT molecular complexity index is 1060. The molecular formula is C18H16FN5O3. The molecular weight excluding hydrogens is 353 g/mol. The second-order valence-electron chi connectivity index (χ2n) is 6.31. The molecule has 2 aromatic heterocycles. The maximum absolute atomic E-state index is 14.0. The molecule has 0 atom stereocenters. The van der Waals surface area contributed by atoms with Gasteiger partial charge in [0.05, 0.1) is 6.54 Å². The van der Waals surface area contributed by atoms with E-state index in [4.69, 9.17) is 5.73 Å². The van der Waals surface area contributed by atoms with Crippen molar-refractivity contribution in [3.63, 3.8) is 0 Å². The van der Waals surface area contributed by atoms with Crippen LogP contribution in [0, 0.1) is 5.82 Å². The first-order valence-electron chi connectivity index (χ1n) is 8.37. The fraction of sp³-hybridized carbons (Fsp3) is 0.222. The minimum Gasteiger partial charge on any atom is -0.503 e. The summed E-state index contributed by atoms with van der Waals surface area (Å²) >= 11 is 0. The number of carbonyl (C=O) groups is 1. The highest BCUT2D eigenvalue weighted by atomic mass is 19.1. The Morgan fingerprint density at radius 1 is 1.26 bits per heavy atom. The van der Waals surface area contributed by atoms with Crippen molar-refractivity contribution in [2.45, 2.75) is 25.8 Å². The molecule has 0 amide bonds. The van der Waals surface area contributed by atoms with Crippen LogP contribution in [-0.2, 0) is 19.4 Å². The van der Waals surface area contributed by atoms with Crippen molar-refractivity contribution in [1.29, 1.82) is 0 Å². The molecule has 3 aromatic rings. The Morgan fingerprint density at radius 3 is 2.78 bits per heavy atom. The summed E-state index contributed by atoms with van der Waals surface area (Å²) in [7, 11) is 0. The largest absolute Gasteiger partial charge is 0.503 e. The predicted molar refractivity (Wildman–Crippen MR) is 93.8 cm³/mol. The minimum atomic E-state index is -1.41.